The van der Waals surface area contributed by atoms with E-state index in [0.29, 0.717) is 5.82 Å². The van der Waals surface area contributed by atoms with Crippen molar-refractivity contribution in [2.24, 2.45) is 0 Å². The van der Waals surface area contributed by atoms with Gasteiger partial charge in [0.25, 0.3) is 0 Å². The summed E-state index contributed by atoms with van der Waals surface area (Å²) in [6, 6.07) is 3.82. The van der Waals surface area contributed by atoms with Gasteiger partial charge in [-0.2, -0.15) is 0 Å². The average molecular weight is 293 g/mol. The molecule has 17 heavy (non-hydrogen) atoms. The summed E-state index contributed by atoms with van der Waals surface area (Å²) in [5.41, 5.74) is 0.916. The molecule has 2 heterocycles. The molecule has 0 saturated heterocycles. The van der Waals surface area contributed by atoms with E-state index < -0.39 is 0 Å². The van der Waals surface area contributed by atoms with Crippen molar-refractivity contribution in [1.82, 2.24) is 15.0 Å². The van der Waals surface area contributed by atoms with Crippen LogP contribution in [-0.2, 0) is 0 Å². The lowest BCUT2D eigenvalue weighted by molar-refractivity contribution is 0.963. The zero-order chi connectivity index (χ0) is 12.1. The average Bonchev–Trinajstić information content (AvgIpc) is 2.39. The van der Waals surface area contributed by atoms with E-state index in [2.05, 4.69) is 43.1 Å². The van der Waals surface area contributed by atoms with Crippen LogP contribution in [0.25, 0.3) is 11.4 Å². The van der Waals surface area contributed by atoms with Crippen molar-refractivity contribution in [1.29, 1.82) is 0 Å². The lowest BCUT2D eigenvalue weighted by atomic mass is 10.3. The van der Waals surface area contributed by atoms with Gasteiger partial charge in [-0.3, -0.25) is 4.98 Å². The second-order valence-electron chi connectivity index (χ2n) is 3.56. The Balaban J connectivity index is 2.31. The summed E-state index contributed by atoms with van der Waals surface area (Å²) >= 11 is 3.43. The summed E-state index contributed by atoms with van der Waals surface area (Å²) in [5.74, 6) is 1.50. The molecule has 2 aromatic heterocycles. The first-order chi connectivity index (χ1) is 8.31. The summed E-state index contributed by atoms with van der Waals surface area (Å²) in [4.78, 5) is 12.8. The monoisotopic (exact) mass is 292 g/mol. The third-order valence-corrected chi connectivity index (χ3v) is 2.79. The molecule has 0 bridgehead atoms. The number of nitrogens with zero attached hydrogens (tertiary/aromatic N) is 3. The van der Waals surface area contributed by atoms with E-state index in [1.54, 1.807) is 18.6 Å². The molecule has 0 saturated carbocycles. The molecule has 88 valence electrons. The van der Waals surface area contributed by atoms with Crippen LogP contribution in [0, 0.1) is 0 Å². The maximum Gasteiger partial charge on any atom is 0.163 e. The van der Waals surface area contributed by atoms with E-state index in [0.717, 1.165) is 28.8 Å². The Morgan fingerprint density at radius 3 is 2.94 bits per heavy atom. The summed E-state index contributed by atoms with van der Waals surface area (Å²) in [6.45, 7) is 3.01. The fourth-order valence-electron chi connectivity index (χ4n) is 1.37. The zero-order valence-corrected chi connectivity index (χ0v) is 11.1. The highest BCUT2D eigenvalue weighted by atomic mass is 79.9. The second-order valence-corrected chi connectivity index (χ2v) is 4.41. The maximum absolute atomic E-state index is 4.47. The number of rotatable bonds is 4. The highest BCUT2D eigenvalue weighted by Crippen LogP contribution is 2.22. The lowest BCUT2D eigenvalue weighted by Gasteiger charge is -2.07. The van der Waals surface area contributed by atoms with Gasteiger partial charge in [-0.15, -0.1) is 0 Å². The SMILES string of the molecule is CCCNc1nc(-c2cccnc2)ncc1Br. The van der Waals surface area contributed by atoms with Gasteiger partial charge in [-0.05, 0) is 34.5 Å². The van der Waals surface area contributed by atoms with Crippen molar-refractivity contribution in [3.8, 4) is 11.4 Å². The third kappa shape index (κ3) is 3.00. The molecule has 2 rings (SSSR count). The maximum atomic E-state index is 4.47. The number of nitrogens with one attached hydrogen (secondary N) is 1. The Labute approximate surface area is 109 Å². The highest BCUT2D eigenvalue weighted by Gasteiger charge is 2.06. The first-order valence-electron chi connectivity index (χ1n) is 5.48. The Kier molecular flexibility index (Phi) is 4.03. The van der Waals surface area contributed by atoms with Gasteiger partial charge in [-0.1, -0.05) is 6.92 Å². The number of aromatic nitrogens is 3. The van der Waals surface area contributed by atoms with Crippen molar-refractivity contribution in [3.05, 3.63) is 35.2 Å². The molecule has 5 heteroatoms. The van der Waals surface area contributed by atoms with Crippen LogP contribution in [0.1, 0.15) is 13.3 Å². The molecule has 0 amide bonds. The zero-order valence-electron chi connectivity index (χ0n) is 9.52. The van der Waals surface area contributed by atoms with Crippen molar-refractivity contribution in [3.63, 3.8) is 0 Å². The molecule has 0 aliphatic carbocycles. The van der Waals surface area contributed by atoms with E-state index >= 15 is 0 Å². The van der Waals surface area contributed by atoms with Gasteiger partial charge < -0.3 is 5.32 Å². The first-order valence-corrected chi connectivity index (χ1v) is 6.27. The Hall–Kier alpha value is -1.49. The fraction of sp³-hybridized carbons (Fsp3) is 0.250. The number of pyridine rings is 1. The minimum Gasteiger partial charge on any atom is -0.369 e. The highest BCUT2D eigenvalue weighted by molar-refractivity contribution is 9.10. The van der Waals surface area contributed by atoms with E-state index in [9.17, 15) is 0 Å². The Morgan fingerprint density at radius 1 is 1.35 bits per heavy atom. The van der Waals surface area contributed by atoms with Crippen LogP contribution in [0.3, 0.4) is 0 Å². The smallest absolute Gasteiger partial charge is 0.163 e. The molecule has 0 spiro atoms. The predicted molar refractivity (Wildman–Crippen MR) is 71.7 cm³/mol. The minimum atomic E-state index is 0.680. The molecule has 0 radical (unpaired) electrons. The molecule has 0 atom stereocenters. The van der Waals surface area contributed by atoms with Crippen molar-refractivity contribution in [2.45, 2.75) is 13.3 Å². The van der Waals surface area contributed by atoms with Crippen LogP contribution in [0.4, 0.5) is 5.82 Å². The summed E-state index contributed by atoms with van der Waals surface area (Å²) < 4.78 is 0.874. The molecular formula is C12H13BrN4. The Bertz CT molecular complexity index is 487. The van der Waals surface area contributed by atoms with Gasteiger partial charge in [0.05, 0.1) is 4.47 Å². The van der Waals surface area contributed by atoms with Gasteiger partial charge in [0.1, 0.15) is 5.82 Å². The fourth-order valence-corrected chi connectivity index (χ4v) is 1.70. The van der Waals surface area contributed by atoms with Gasteiger partial charge >= 0.3 is 0 Å². The van der Waals surface area contributed by atoms with Crippen molar-refractivity contribution < 1.29 is 0 Å². The lowest BCUT2D eigenvalue weighted by Crippen LogP contribution is -2.04. The normalized spacial score (nSPS) is 10.2. The van der Waals surface area contributed by atoms with Crippen LogP contribution in [0.2, 0.25) is 0 Å². The summed E-state index contributed by atoms with van der Waals surface area (Å²) in [6.07, 6.45) is 6.30. The third-order valence-electron chi connectivity index (χ3n) is 2.21. The van der Waals surface area contributed by atoms with Crippen LogP contribution in [0.15, 0.2) is 35.2 Å². The summed E-state index contributed by atoms with van der Waals surface area (Å²) in [5, 5.41) is 3.25. The number of hydrogen-bond donors (Lipinski definition) is 1. The van der Waals surface area contributed by atoms with Crippen LogP contribution in [-0.4, -0.2) is 21.5 Å². The van der Waals surface area contributed by atoms with E-state index in [1.165, 1.54) is 0 Å². The molecule has 0 fully saturated rings. The molecule has 0 aliphatic heterocycles. The first kappa shape index (κ1) is 12.0. The van der Waals surface area contributed by atoms with Crippen LogP contribution >= 0.6 is 15.9 Å². The molecule has 0 aromatic carbocycles. The topological polar surface area (TPSA) is 50.7 Å². The summed E-state index contributed by atoms with van der Waals surface area (Å²) in [7, 11) is 0. The minimum absolute atomic E-state index is 0.680. The van der Waals surface area contributed by atoms with Crippen molar-refractivity contribution in [2.75, 3.05) is 11.9 Å². The molecule has 0 aliphatic rings. The predicted octanol–water partition coefficient (Wildman–Crippen LogP) is 3.12. The Morgan fingerprint density at radius 2 is 2.24 bits per heavy atom. The van der Waals surface area contributed by atoms with Gasteiger partial charge in [0.15, 0.2) is 5.82 Å². The van der Waals surface area contributed by atoms with Gasteiger partial charge in [0.2, 0.25) is 0 Å². The van der Waals surface area contributed by atoms with E-state index in [1.807, 2.05) is 12.1 Å². The van der Waals surface area contributed by atoms with E-state index in [-0.39, 0.29) is 0 Å². The van der Waals surface area contributed by atoms with E-state index in [4.69, 9.17) is 0 Å². The standard InChI is InChI=1S/C12H13BrN4/c1-2-5-15-12-10(13)8-16-11(17-12)9-4-3-6-14-7-9/h3-4,6-8H,2,5H2,1H3,(H,15,16,17). The number of anilines is 1. The molecule has 4 nitrogen and oxygen atoms in total. The molecule has 1 N–H and O–H groups in total. The van der Waals surface area contributed by atoms with Gasteiger partial charge in [0, 0.05) is 30.7 Å². The second kappa shape index (κ2) is 5.72. The van der Waals surface area contributed by atoms with Gasteiger partial charge in [-0.25, -0.2) is 9.97 Å². The number of halogens is 1. The number of hydrogen-bond acceptors (Lipinski definition) is 4. The van der Waals surface area contributed by atoms with Crippen molar-refractivity contribution >= 4 is 21.7 Å². The van der Waals surface area contributed by atoms with Crippen LogP contribution in [0.5, 0.6) is 0 Å². The molecular weight excluding hydrogens is 280 g/mol. The molecule has 0 unspecified atom stereocenters. The quantitative estimate of drug-likeness (QED) is 0.941. The van der Waals surface area contributed by atoms with Crippen LogP contribution < -0.4 is 5.32 Å². The molecule has 2 aromatic rings. The largest absolute Gasteiger partial charge is 0.369 e.